The number of halogens is 1. The predicted molar refractivity (Wildman–Crippen MR) is 89.1 cm³/mol. The molecule has 1 rings (SSSR count). The van der Waals surface area contributed by atoms with Crippen LogP contribution in [0.2, 0.25) is 0 Å². The molecule has 0 saturated carbocycles. The Kier molecular flexibility index (Phi) is 9.27. The van der Waals surface area contributed by atoms with Gasteiger partial charge in [0, 0.05) is 6.04 Å². The second kappa shape index (κ2) is 10.7. The molecule has 21 heavy (non-hydrogen) atoms. The molecule has 2 nitrogen and oxygen atoms in total. The summed E-state index contributed by atoms with van der Waals surface area (Å²) >= 11 is 0. The van der Waals surface area contributed by atoms with Crippen LogP contribution in [0.4, 0.5) is 4.39 Å². The van der Waals surface area contributed by atoms with E-state index < -0.39 is 0 Å². The first-order chi connectivity index (χ1) is 10.2. The van der Waals surface area contributed by atoms with Crippen LogP contribution < -0.4 is 5.32 Å². The zero-order chi connectivity index (χ0) is 15.5. The van der Waals surface area contributed by atoms with Crippen molar-refractivity contribution in [1.82, 2.24) is 10.2 Å². The van der Waals surface area contributed by atoms with Crippen molar-refractivity contribution in [1.29, 1.82) is 0 Å². The van der Waals surface area contributed by atoms with Crippen LogP contribution in [0.1, 0.15) is 58.1 Å². The van der Waals surface area contributed by atoms with Crippen molar-refractivity contribution in [3.8, 4) is 0 Å². The fraction of sp³-hybridized carbons (Fsp3) is 0.667. The molecule has 0 fully saturated rings. The zero-order valence-corrected chi connectivity index (χ0v) is 13.9. The largest absolute Gasteiger partial charge is 0.310 e. The summed E-state index contributed by atoms with van der Waals surface area (Å²) in [6.07, 6.45) is 4.50. The number of hydrogen-bond acceptors (Lipinski definition) is 2. The molecule has 1 unspecified atom stereocenters. The van der Waals surface area contributed by atoms with E-state index in [2.05, 4.69) is 31.0 Å². The van der Waals surface area contributed by atoms with E-state index in [1.165, 1.54) is 18.9 Å². The average Bonchev–Trinajstić information content (AvgIpc) is 2.47. The van der Waals surface area contributed by atoms with Crippen LogP contribution in [0.25, 0.3) is 0 Å². The van der Waals surface area contributed by atoms with Crippen molar-refractivity contribution in [3.05, 3.63) is 35.6 Å². The lowest BCUT2D eigenvalue weighted by atomic mass is 10.0. The third kappa shape index (κ3) is 7.05. The van der Waals surface area contributed by atoms with Gasteiger partial charge in [-0.15, -0.1) is 0 Å². The average molecular weight is 294 g/mol. The predicted octanol–water partition coefficient (Wildman–Crippen LogP) is 4.38. The molecular weight excluding hydrogens is 263 g/mol. The second-order valence-electron chi connectivity index (χ2n) is 5.69. The number of hydrogen-bond donors (Lipinski definition) is 1. The van der Waals surface area contributed by atoms with E-state index in [-0.39, 0.29) is 11.9 Å². The lowest BCUT2D eigenvalue weighted by Crippen LogP contribution is -2.31. The van der Waals surface area contributed by atoms with Crippen LogP contribution in [0, 0.1) is 5.82 Å². The molecule has 0 aliphatic heterocycles. The summed E-state index contributed by atoms with van der Waals surface area (Å²) < 4.78 is 13.5. The molecule has 1 N–H and O–H groups in total. The molecule has 0 aliphatic rings. The van der Waals surface area contributed by atoms with Crippen molar-refractivity contribution in [3.63, 3.8) is 0 Å². The molecule has 0 spiro atoms. The van der Waals surface area contributed by atoms with Gasteiger partial charge in [0.15, 0.2) is 0 Å². The van der Waals surface area contributed by atoms with E-state index in [0.717, 1.165) is 44.6 Å². The van der Waals surface area contributed by atoms with Gasteiger partial charge >= 0.3 is 0 Å². The third-order valence-corrected chi connectivity index (χ3v) is 3.71. The third-order valence-electron chi connectivity index (χ3n) is 3.71. The van der Waals surface area contributed by atoms with Gasteiger partial charge in [-0.25, -0.2) is 4.39 Å². The summed E-state index contributed by atoms with van der Waals surface area (Å²) in [5, 5.41) is 3.56. The van der Waals surface area contributed by atoms with Gasteiger partial charge in [0.05, 0.1) is 0 Å². The molecule has 1 atom stereocenters. The van der Waals surface area contributed by atoms with Gasteiger partial charge < -0.3 is 10.2 Å². The van der Waals surface area contributed by atoms with Gasteiger partial charge in [-0.3, -0.25) is 0 Å². The zero-order valence-electron chi connectivity index (χ0n) is 13.9. The van der Waals surface area contributed by atoms with E-state index in [0.29, 0.717) is 0 Å². The van der Waals surface area contributed by atoms with Crippen LogP contribution >= 0.6 is 0 Å². The van der Waals surface area contributed by atoms with Crippen LogP contribution in [0.3, 0.4) is 0 Å². The maximum atomic E-state index is 13.5. The van der Waals surface area contributed by atoms with E-state index in [4.69, 9.17) is 0 Å². The lowest BCUT2D eigenvalue weighted by molar-refractivity contribution is 0.257. The van der Waals surface area contributed by atoms with Crippen molar-refractivity contribution in [2.24, 2.45) is 0 Å². The number of nitrogens with one attached hydrogen (secondary N) is 1. The van der Waals surface area contributed by atoms with Gasteiger partial charge in [0.25, 0.3) is 0 Å². The smallest absolute Gasteiger partial charge is 0.123 e. The summed E-state index contributed by atoms with van der Waals surface area (Å²) in [6, 6.07) is 7.26. The molecular formula is C18H31FN2. The fourth-order valence-corrected chi connectivity index (χ4v) is 2.71. The molecule has 0 amide bonds. The molecule has 1 aromatic rings. The van der Waals surface area contributed by atoms with E-state index in [9.17, 15) is 4.39 Å². The van der Waals surface area contributed by atoms with Crippen molar-refractivity contribution in [2.45, 2.75) is 52.5 Å². The van der Waals surface area contributed by atoms with Crippen LogP contribution in [-0.2, 0) is 0 Å². The fourth-order valence-electron chi connectivity index (χ4n) is 2.71. The molecule has 1 aromatic carbocycles. The first kappa shape index (κ1) is 18.1. The highest BCUT2D eigenvalue weighted by molar-refractivity contribution is 5.20. The Labute approximate surface area is 129 Å². The molecule has 0 bridgehead atoms. The van der Waals surface area contributed by atoms with Crippen LogP contribution in [-0.4, -0.2) is 31.1 Å². The molecule has 0 saturated heterocycles. The Hall–Kier alpha value is -0.930. The summed E-state index contributed by atoms with van der Waals surface area (Å²) in [5.74, 6) is -0.144. The molecule has 0 heterocycles. The van der Waals surface area contributed by atoms with Crippen molar-refractivity contribution >= 4 is 0 Å². The Morgan fingerprint density at radius 2 is 1.76 bits per heavy atom. The number of rotatable bonds is 11. The van der Waals surface area contributed by atoms with Gasteiger partial charge in [-0.05, 0) is 69.6 Å². The van der Waals surface area contributed by atoms with E-state index in [1.54, 1.807) is 12.1 Å². The molecule has 120 valence electrons. The monoisotopic (exact) mass is 294 g/mol. The summed E-state index contributed by atoms with van der Waals surface area (Å²) in [5.41, 5.74) is 1.07. The SMILES string of the molecule is CCCNC(CCN(CCC)CCC)c1cccc(F)c1. The Balaban J connectivity index is 2.64. The van der Waals surface area contributed by atoms with E-state index in [1.807, 2.05) is 6.07 Å². The maximum absolute atomic E-state index is 13.5. The topological polar surface area (TPSA) is 15.3 Å². The summed E-state index contributed by atoms with van der Waals surface area (Å²) in [6.45, 7) is 11.0. The highest BCUT2D eigenvalue weighted by atomic mass is 19.1. The molecule has 0 aromatic heterocycles. The first-order valence-corrected chi connectivity index (χ1v) is 8.42. The van der Waals surface area contributed by atoms with Crippen LogP contribution in [0.5, 0.6) is 0 Å². The molecule has 0 aliphatic carbocycles. The minimum atomic E-state index is -0.144. The standard InChI is InChI=1S/C18H31FN2/c1-4-11-20-18(16-8-7-9-17(19)15-16)10-14-21(12-5-2)13-6-3/h7-9,15,18,20H,4-6,10-14H2,1-3H3. The molecule has 3 heteroatoms. The van der Waals surface area contributed by atoms with Gasteiger partial charge in [-0.1, -0.05) is 32.9 Å². The maximum Gasteiger partial charge on any atom is 0.123 e. The highest BCUT2D eigenvalue weighted by Gasteiger charge is 2.13. The van der Waals surface area contributed by atoms with Gasteiger partial charge in [0.1, 0.15) is 5.82 Å². The van der Waals surface area contributed by atoms with Gasteiger partial charge in [0.2, 0.25) is 0 Å². The molecule has 0 radical (unpaired) electrons. The van der Waals surface area contributed by atoms with Crippen LogP contribution in [0.15, 0.2) is 24.3 Å². The van der Waals surface area contributed by atoms with E-state index >= 15 is 0 Å². The van der Waals surface area contributed by atoms with Crippen molar-refractivity contribution in [2.75, 3.05) is 26.2 Å². The lowest BCUT2D eigenvalue weighted by Gasteiger charge is -2.25. The summed E-state index contributed by atoms with van der Waals surface area (Å²) in [4.78, 5) is 2.51. The quantitative estimate of drug-likeness (QED) is 0.651. The Morgan fingerprint density at radius 3 is 2.33 bits per heavy atom. The van der Waals surface area contributed by atoms with Gasteiger partial charge in [-0.2, -0.15) is 0 Å². The Morgan fingerprint density at radius 1 is 1.05 bits per heavy atom. The second-order valence-corrected chi connectivity index (χ2v) is 5.69. The summed E-state index contributed by atoms with van der Waals surface area (Å²) in [7, 11) is 0. The number of nitrogens with zero attached hydrogens (tertiary/aromatic N) is 1. The minimum Gasteiger partial charge on any atom is -0.310 e. The minimum absolute atomic E-state index is 0.144. The normalized spacial score (nSPS) is 12.8. The first-order valence-electron chi connectivity index (χ1n) is 8.42. The highest BCUT2D eigenvalue weighted by Crippen LogP contribution is 2.18. The Bertz CT molecular complexity index is 375. The number of benzene rings is 1. The van der Waals surface area contributed by atoms with Crippen molar-refractivity contribution < 1.29 is 4.39 Å².